The van der Waals surface area contributed by atoms with Gasteiger partial charge in [0, 0.05) is 21.2 Å². The maximum atomic E-state index is 6.20. The fourth-order valence-corrected chi connectivity index (χ4v) is 4.29. The minimum atomic E-state index is 0.921. The Balaban J connectivity index is 2.01. The van der Waals surface area contributed by atoms with Crippen molar-refractivity contribution in [3.8, 4) is 0 Å². The van der Waals surface area contributed by atoms with Crippen molar-refractivity contribution in [2.45, 2.75) is 87.8 Å². The molecule has 0 amide bonds. The molecule has 0 fully saturated rings. The Hall–Kier alpha value is -1.61. The average molecular weight is 385 g/mol. The Labute approximate surface area is 170 Å². The molecule has 4 N–H and O–H groups in total. The molecule has 2 aromatic carbocycles. The summed E-state index contributed by atoms with van der Waals surface area (Å²) >= 11 is 1.81. The molecule has 0 aliphatic heterocycles. The Morgan fingerprint density at radius 3 is 1.48 bits per heavy atom. The molecule has 0 spiro atoms. The van der Waals surface area contributed by atoms with Crippen LogP contribution in [0.5, 0.6) is 0 Å². The van der Waals surface area contributed by atoms with Gasteiger partial charge in [0.15, 0.2) is 0 Å². The third-order valence-electron chi connectivity index (χ3n) is 5.06. The van der Waals surface area contributed by atoms with Crippen LogP contribution in [0.15, 0.2) is 46.2 Å². The van der Waals surface area contributed by atoms with Crippen molar-refractivity contribution in [2.75, 3.05) is 11.5 Å². The third kappa shape index (κ3) is 7.50. The largest absolute Gasteiger partial charge is 0.399 e. The molecule has 0 saturated carbocycles. The lowest BCUT2D eigenvalue weighted by Crippen LogP contribution is -1.96. The van der Waals surface area contributed by atoms with Crippen LogP contribution in [0.1, 0.15) is 76.3 Å². The molecule has 0 unspecified atom stereocenters. The third-order valence-corrected chi connectivity index (χ3v) is 6.04. The molecule has 0 saturated heterocycles. The fraction of sp³-hybridized carbons (Fsp3) is 0.500. The zero-order valence-electron chi connectivity index (χ0n) is 17.1. The van der Waals surface area contributed by atoms with E-state index in [9.17, 15) is 0 Å². The van der Waals surface area contributed by atoms with Crippen molar-refractivity contribution in [1.82, 2.24) is 0 Å². The van der Waals surface area contributed by atoms with Gasteiger partial charge in [0.05, 0.1) is 0 Å². The molecular weight excluding hydrogens is 348 g/mol. The van der Waals surface area contributed by atoms with Gasteiger partial charge in [0.1, 0.15) is 0 Å². The Bertz CT molecular complexity index is 637. The highest BCUT2D eigenvalue weighted by Crippen LogP contribution is 2.32. The topological polar surface area (TPSA) is 52.0 Å². The summed E-state index contributed by atoms with van der Waals surface area (Å²) in [6.45, 7) is 4.49. The van der Waals surface area contributed by atoms with Gasteiger partial charge in [-0.1, -0.05) is 64.1 Å². The first-order valence-corrected chi connectivity index (χ1v) is 11.4. The summed E-state index contributed by atoms with van der Waals surface area (Å²) in [6, 6.07) is 12.9. The van der Waals surface area contributed by atoms with Crippen LogP contribution in [0.3, 0.4) is 0 Å². The van der Waals surface area contributed by atoms with Crippen LogP contribution in [0.2, 0.25) is 0 Å². The second-order valence-corrected chi connectivity index (χ2v) is 8.59. The predicted molar refractivity (Wildman–Crippen MR) is 122 cm³/mol. The monoisotopic (exact) mass is 384 g/mol. The summed E-state index contributed by atoms with van der Waals surface area (Å²) in [5.74, 6) is 0. The van der Waals surface area contributed by atoms with Gasteiger partial charge in [-0.25, -0.2) is 0 Å². The van der Waals surface area contributed by atoms with E-state index in [1.807, 2.05) is 11.8 Å². The van der Waals surface area contributed by atoms with Gasteiger partial charge in [-0.3, -0.25) is 0 Å². The number of nitrogens with two attached hydrogens (primary N) is 2. The number of hydrogen-bond acceptors (Lipinski definition) is 3. The molecule has 0 radical (unpaired) electrons. The molecule has 0 aliphatic rings. The molecule has 27 heavy (non-hydrogen) atoms. The average Bonchev–Trinajstić information content (AvgIpc) is 2.67. The van der Waals surface area contributed by atoms with Crippen LogP contribution >= 0.6 is 11.8 Å². The van der Waals surface area contributed by atoms with E-state index < -0.39 is 0 Å². The lowest BCUT2D eigenvalue weighted by Gasteiger charge is -2.11. The first-order chi connectivity index (χ1) is 13.1. The lowest BCUT2D eigenvalue weighted by molar-refractivity contribution is 0.667. The second kappa shape index (κ2) is 12.0. The number of hydrogen-bond donors (Lipinski definition) is 2. The van der Waals surface area contributed by atoms with E-state index in [0.29, 0.717) is 0 Å². The summed E-state index contributed by atoms with van der Waals surface area (Å²) in [6.07, 6.45) is 12.3. The number of anilines is 2. The van der Waals surface area contributed by atoms with Crippen LogP contribution in [0.4, 0.5) is 11.4 Å². The van der Waals surface area contributed by atoms with Gasteiger partial charge in [-0.2, -0.15) is 0 Å². The maximum Gasteiger partial charge on any atom is 0.0347 e. The van der Waals surface area contributed by atoms with Gasteiger partial charge >= 0.3 is 0 Å². The molecule has 0 bridgehead atoms. The number of rotatable bonds is 12. The van der Waals surface area contributed by atoms with E-state index >= 15 is 0 Å². The number of unbranched alkanes of at least 4 members (excludes halogenated alkanes) is 6. The first-order valence-electron chi connectivity index (χ1n) is 10.6. The summed E-state index contributed by atoms with van der Waals surface area (Å²) in [4.78, 5) is 2.52. The molecule has 2 aromatic rings. The highest BCUT2D eigenvalue weighted by Gasteiger charge is 2.06. The Morgan fingerprint density at radius 1 is 0.630 bits per heavy atom. The zero-order chi connectivity index (χ0) is 19.5. The molecule has 2 nitrogen and oxygen atoms in total. The fourth-order valence-electron chi connectivity index (χ4n) is 3.34. The smallest absolute Gasteiger partial charge is 0.0347 e. The predicted octanol–water partition coefficient (Wildman–Crippen LogP) is 7.25. The van der Waals surface area contributed by atoms with Gasteiger partial charge in [-0.15, -0.1) is 0 Å². The van der Waals surface area contributed by atoms with Crippen molar-refractivity contribution in [3.05, 3.63) is 47.5 Å². The highest BCUT2D eigenvalue weighted by atomic mass is 32.2. The van der Waals surface area contributed by atoms with Crippen molar-refractivity contribution in [2.24, 2.45) is 0 Å². The molecule has 0 aromatic heterocycles. The van der Waals surface area contributed by atoms with Crippen molar-refractivity contribution < 1.29 is 0 Å². The van der Waals surface area contributed by atoms with Crippen LogP contribution in [0.25, 0.3) is 0 Å². The van der Waals surface area contributed by atoms with Crippen LogP contribution in [-0.2, 0) is 12.8 Å². The number of nitrogen functional groups attached to an aromatic ring is 2. The summed E-state index contributed by atoms with van der Waals surface area (Å²) in [7, 11) is 0. The van der Waals surface area contributed by atoms with Gasteiger partial charge in [0.2, 0.25) is 0 Å². The Kier molecular flexibility index (Phi) is 9.61. The van der Waals surface area contributed by atoms with E-state index in [0.717, 1.165) is 24.2 Å². The summed E-state index contributed by atoms with van der Waals surface area (Å²) in [5.41, 5.74) is 16.8. The SMILES string of the molecule is CCCCCCc1cc(Sc2ccc(N)c(CCCCCC)c2)ccc1N. The van der Waals surface area contributed by atoms with Crippen molar-refractivity contribution in [3.63, 3.8) is 0 Å². The van der Waals surface area contributed by atoms with E-state index in [-0.39, 0.29) is 0 Å². The summed E-state index contributed by atoms with van der Waals surface area (Å²) in [5, 5.41) is 0. The molecule has 3 heteroatoms. The molecule has 2 rings (SSSR count). The number of benzene rings is 2. The second-order valence-electron chi connectivity index (χ2n) is 7.44. The highest BCUT2D eigenvalue weighted by molar-refractivity contribution is 7.99. The van der Waals surface area contributed by atoms with Crippen LogP contribution in [-0.4, -0.2) is 0 Å². The molecule has 0 aliphatic carbocycles. The van der Waals surface area contributed by atoms with E-state index in [4.69, 9.17) is 11.5 Å². The van der Waals surface area contributed by atoms with E-state index in [2.05, 4.69) is 50.2 Å². The van der Waals surface area contributed by atoms with E-state index in [1.54, 1.807) is 0 Å². The van der Waals surface area contributed by atoms with Gasteiger partial charge in [0.25, 0.3) is 0 Å². The standard InChI is InChI=1S/C24H36N2S/c1-3-5-7-9-11-19-17-21(13-15-23(19)25)27-22-14-16-24(26)20(18-22)12-10-8-6-4-2/h13-18H,3-12,25-26H2,1-2H3. The maximum absolute atomic E-state index is 6.20. The number of aryl methyl sites for hydroxylation is 2. The minimum Gasteiger partial charge on any atom is -0.399 e. The van der Waals surface area contributed by atoms with Crippen LogP contribution < -0.4 is 11.5 Å². The normalized spacial score (nSPS) is 11.0. The molecule has 0 heterocycles. The van der Waals surface area contributed by atoms with Crippen molar-refractivity contribution in [1.29, 1.82) is 0 Å². The summed E-state index contributed by atoms with van der Waals surface area (Å²) < 4.78 is 0. The van der Waals surface area contributed by atoms with Gasteiger partial charge in [-0.05, 0) is 73.2 Å². The van der Waals surface area contributed by atoms with Gasteiger partial charge < -0.3 is 11.5 Å². The van der Waals surface area contributed by atoms with E-state index in [1.165, 1.54) is 72.3 Å². The minimum absolute atomic E-state index is 0.921. The van der Waals surface area contributed by atoms with Crippen molar-refractivity contribution >= 4 is 23.1 Å². The molecule has 148 valence electrons. The Morgan fingerprint density at radius 2 is 1.07 bits per heavy atom. The first kappa shape index (κ1) is 21.7. The quantitative estimate of drug-likeness (QED) is 0.299. The lowest BCUT2D eigenvalue weighted by atomic mass is 10.0. The molecule has 0 atom stereocenters. The zero-order valence-corrected chi connectivity index (χ0v) is 17.9. The molecular formula is C24H36N2S. The van der Waals surface area contributed by atoms with Crippen LogP contribution in [0, 0.1) is 0 Å².